The number of ether oxygens (including phenoxy) is 3. The van der Waals surface area contributed by atoms with Crippen LogP contribution >= 0.6 is 0 Å². The van der Waals surface area contributed by atoms with E-state index in [1.54, 1.807) is 12.1 Å². The number of hydrogen-bond acceptors (Lipinski definition) is 3. The van der Waals surface area contributed by atoms with Crippen molar-refractivity contribution in [2.75, 3.05) is 19.8 Å². The zero-order valence-corrected chi connectivity index (χ0v) is 21.9. The first-order valence-corrected chi connectivity index (χ1v) is 13.5. The maximum Gasteiger partial charge on any atom is 0.422 e. The van der Waals surface area contributed by atoms with E-state index in [4.69, 9.17) is 14.2 Å². The standard InChI is InChI=1S/C31H36F4O3/c1-2-3-4-5-24-19-36-29(37-20-24)17-10-23-9-16-28-26(18-23)13-12-25(30(28)32)11-6-22-7-14-27(15-8-22)38-21-31(33,34)35/h7-9,12-16,18,24,29H,2-6,10-11,17,19-21H2,1H3. The molecule has 0 aromatic heterocycles. The third-order valence-corrected chi connectivity index (χ3v) is 7.03. The highest BCUT2D eigenvalue weighted by atomic mass is 19.4. The summed E-state index contributed by atoms with van der Waals surface area (Å²) in [5.74, 6) is 0.423. The lowest BCUT2D eigenvalue weighted by Crippen LogP contribution is -2.32. The molecule has 0 unspecified atom stereocenters. The van der Waals surface area contributed by atoms with E-state index < -0.39 is 12.8 Å². The van der Waals surface area contributed by atoms with Crippen LogP contribution in [0.3, 0.4) is 0 Å². The summed E-state index contributed by atoms with van der Waals surface area (Å²) >= 11 is 0. The number of halogens is 4. The Morgan fingerprint density at radius 2 is 1.58 bits per heavy atom. The summed E-state index contributed by atoms with van der Waals surface area (Å²) in [6.45, 7) is 2.41. The van der Waals surface area contributed by atoms with E-state index in [2.05, 4.69) is 6.92 Å². The van der Waals surface area contributed by atoms with E-state index in [9.17, 15) is 13.2 Å². The van der Waals surface area contributed by atoms with Crippen molar-refractivity contribution < 1.29 is 31.8 Å². The van der Waals surface area contributed by atoms with Crippen molar-refractivity contribution in [3.8, 4) is 5.75 Å². The number of benzene rings is 3. The van der Waals surface area contributed by atoms with Crippen LogP contribution in [0.4, 0.5) is 17.6 Å². The number of rotatable bonds is 12. The second-order valence-corrected chi connectivity index (χ2v) is 10.1. The van der Waals surface area contributed by atoms with Gasteiger partial charge in [-0.15, -0.1) is 0 Å². The van der Waals surface area contributed by atoms with E-state index in [-0.39, 0.29) is 17.9 Å². The molecule has 0 saturated carbocycles. The van der Waals surface area contributed by atoms with Crippen LogP contribution in [0.1, 0.15) is 55.7 Å². The molecular weight excluding hydrogens is 496 g/mol. The summed E-state index contributed by atoms with van der Waals surface area (Å²) in [5.41, 5.74) is 2.63. The average Bonchev–Trinajstić information content (AvgIpc) is 2.91. The Balaban J connectivity index is 1.27. The molecule has 0 spiro atoms. The zero-order valence-electron chi connectivity index (χ0n) is 21.9. The molecule has 7 heteroatoms. The molecule has 0 amide bonds. The molecule has 4 rings (SSSR count). The molecule has 0 atom stereocenters. The van der Waals surface area contributed by atoms with Crippen LogP contribution in [0.15, 0.2) is 54.6 Å². The van der Waals surface area contributed by atoms with Gasteiger partial charge >= 0.3 is 6.18 Å². The van der Waals surface area contributed by atoms with Gasteiger partial charge in [0.25, 0.3) is 0 Å². The van der Waals surface area contributed by atoms with Gasteiger partial charge in [0.15, 0.2) is 12.9 Å². The smallest absolute Gasteiger partial charge is 0.422 e. The maximum absolute atomic E-state index is 15.2. The van der Waals surface area contributed by atoms with Gasteiger partial charge < -0.3 is 14.2 Å². The van der Waals surface area contributed by atoms with Gasteiger partial charge in [-0.2, -0.15) is 13.2 Å². The number of alkyl halides is 3. The van der Waals surface area contributed by atoms with Crippen molar-refractivity contribution in [2.45, 2.75) is 70.8 Å². The first-order valence-electron chi connectivity index (χ1n) is 13.5. The number of aryl methyl sites for hydroxylation is 3. The fraction of sp³-hybridized carbons (Fsp3) is 0.484. The summed E-state index contributed by atoms with van der Waals surface area (Å²) in [6, 6.07) is 16.0. The first kappa shape index (κ1) is 28.4. The Morgan fingerprint density at radius 1 is 0.842 bits per heavy atom. The zero-order chi connectivity index (χ0) is 27.0. The molecule has 0 bridgehead atoms. The van der Waals surface area contributed by atoms with Gasteiger partial charge in [-0.25, -0.2) is 4.39 Å². The van der Waals surface area contributed by atoms with Gasteiger partial charge in [0.05, 0.1) is 13.2 Å². The molecule has 1 saturated heterocycles. The van der Waals surface area contributed by atoms with Crippen LogP contribution in [0.5, 0.6) is 5.75 Å². The first-order chi connectivity index (χ1) is 18.3. The number of unbranched alkanes of at least 4 members (excludes halogenated alkanes) is 2. The molecule has 206 valence electrons. The maximum atomic E-state index is 15.2. The fourth-order valence-electron chi connectivity index (χ4n) is 4.82. The minimum absolute atomic E-state index is 0.159. The molecule has 38 heavy (non-hydrogen) atoms. The van der Waals surface area contributed by atoms with E-state index in [0.717, 1.165) is 49.0 Å². The van der Waals surface area contributed by atoms with Crippen molar-refractivity contribution in [1.82, 2.24) is 0 Å². The highest BCUT2D eigenvalue weighted by molar-refractivity contribution is 5.84. The van der Waals surface area contributed by atoms with Gasteiger partial charge in [-0.3, -0.25) is 0 Å². The molecule has 3 aromatic carbocycles. The van der Waals surface area contributed by atoms with Crippen LogP contribution < -0.4 is 4.74 Å². The van der Waals surface area contributed by atoms with E-state index in [1.807, 2.05) is 30.3 Å². The SMILES string of the molecule is CCCCCC1COC(CCc2ccc3c(F)c(CCc4ccc(OCC(F)(F)F)cc4)ccc3c2)OC1. The molecule has 0 N–H and O–H groups in total. The molecule has 0 aliphatic carbocycles. The van der Waals surface area contributed by atoms with E-state index in [1.165, 1.54) is 31.4 Å². The summed E-state index contributed by atoms with van der Waals surface area (Å²) in [4.78, 5) is 0. The lowest BCUT2D eigenvalue weighted by Gasteiger charge is -2.29. The predicted octanol–water partition coefficient (Wildman–Crippen LogP) is 8.21. The molecule has 3 nitrogen and oxygen atoms in total. The highest BCUT2D eigenvalue weighted by Gasteiger charge is 2.28. The second kappa shape index (κ2) is 13.4. The lowest BCUT2D eigenvalue weighted by molar-refractivity contribution is -0.203. The van der Waals surface area contributed by atoms with Crippen LogP contribution in [0.2, 0.25) is 0 Å². The molecule has 1 heterocycles. The molecule has 0 radical (unpaired) electrons. The molecule has 1 fully saturated rings. The molecule has 1 aliphatic rings. The van der Waals surface area contributed by atoms with Crippen LogP contribution in [-0.4, -0.2) is 32.3 Å². The van der Waals surface area contributed by atoms with Gasteiger partial charge in [0.1, 0.15) is 11.6 Å². The Hall–Kier alpha value is -2.64. The highest BCUT2D eigenvalue weighted by Crippen LogP contribution is 2.26. The Bertz CT molecular complexity index is 1150. The van der Waals surface area contributed by atoms with Crippen LogP contribution in [0, 0.1) is 11.7 Å². The second-order valence-electron chi connectivity index (χ2n) is 10.1. The summed E-state index contributed by atoms with van der Waals surface area (Å²) in [7, 11) is 0. The van der Waals surface area contributed by atoms with Gasteiger partial charge in [-0.05, 0) is 59.9 Å². The van der Waals surface area contributed by atoms with Gasteiger partial charge in [0, 0.05) is 17.7 Å². The van der Waals surface area contributed by atoms with E-state index >= 15 is 4.39 Å². The van der Waals surface area contributed by atoms with Crippen molar-refractivity contribution in [2.24, 2.45) is 5.92 Å². The Labute approximate surface area is 222 Å². The minimum atomic E-state index is -4.37. The van der Waals surface area contributed by atoms with Crippen LogP contribution in [-0.2, 0) is 28.7 Å². The fourth-order valence-corrected chi connectivity index (χ4v) is 4.82. The summed E-state index contributed by atoms with van der Waals surface area (Å²) in [5, 5.41) is 1.44. The Kier molecular flexibility index (Phi) is 10.0. The molecule has 1 aliphatic heterocycles. The van der Waals surface area contributed by atoms with Crippen molar-refractivity contribution >= 4 is 10.8 Å². The van der Waals surface area contributed by atoms with Gasteiger partial charge in [0.2, 0.25) is 0 Å². The Morgan fingerprint density at radius 3 is 2.29 bits per heavy atom. The summed E-state index contributed by atoms with van der Waals surface area (Å²) in [6.07, 6.45) is 2.93. The normalized spacial score (nSPS) is 18.1. The third kappa shape index (κ3) is 8.43. The number of hydrogen-bond donors (Lipinski definition) is 0. The molecular formula is C31H36F4O3. The predicted molar refractivity (Wildman–Crippen MR) is 141 cm³/mol. The van der Waals surface area contributed by atoms with Crippen molar-refractivity contribution in [1.29, 1.82) is 0 Å². The minimum Gasteiger partial charge on any atom is -0.484 e. The van der Waals surface area contributed by atoms with Crippen molar-refractivity contribution in [3.05, 3.63) is 77.1 Å². The summed E-state index contributed by atoms with van der Waals surface area (Å²) < 4.78 is 68.7. The molecule has 3 aromatic rings. The third-order valence-electron chi connectivity index (χ3n) is 7.03. The average molecular weight is 533 g/mol. The number of fused-ring (bicyclic) bond motifs is 1. The van der Waals surface area contributed by atoms with E-state index in [0.29, 0.717) is 29.7 Å². The largest absolute Gasteiger partial charge is 0.484 e. The monoisotopic (exact) mass is 532 g/mol. The van der Waals surface area contributed by atoms with Gasteiger partial charge in [-0.1, -0.05) is 68.7 Å². The lowest BCUT2D eigenvalue weighted by atomic mass is 9.98. The quantitative estimate of drug-likeness (QED) is 0.174. The van der Waals surface area contributed by atoms with Crippen LogP contribution in [0.25, 0.3) is 10.8 Å². The topological polar surface area (TPSA) is 27.7 Å². The van der Waals surface area contributed by atoms with Crippen molar-refractivity contribution in [3.63, 3.8) is 0 Å².